The third kappa shape index (κ3) is 7.69. The van der Waals surface area contributed by atoms with Crippen molar-refractivity contribution in [2.75, 3.05) is 26.4 Å². The molecular weight excluding hydrogens is 314 g/mol. The van der Waals surface area contributed by atoms with Crippen LogP contribution in [0.25, 0.3) is 0 Å². The second-order valence-corrected chi connectivity index (χ2v) is 6.42. The van der Waals surface area contributed by atoms with Crippen molar-refractivity contribution in [3.05, 3.63) is 65.7 Å². The fourth-order valence-electron chi connectivity index (χ4n) is 2.42. The summed E-state index contributed by atoms with van der Waals surface area (Å²) in [5.41, 5.74) is 2.50. The van der Waals surface area contributed by atoms with Crippen LogP contribution in [0.1, 0.15) is 30.9 Å². The Morgan fingerprint density at radius 3 is 2.36 bits per heavy atom. The topological polar surface area (TPSA) is 50.7 Å². The molecule has 2 aromatic rings. The van der Waals surface area contributed by atoms with Crippen molar-refractivity contribution in [1.82, 2.24) is 5.32 Å². The molecule has 0 saturated carbocycles. The highest BCUT2D eigenvalue weighted by molar-refractivity contribution is 5.28. The van der Waals surface area contributed by atoms with Gasteiger partial charge < -0.3 is 19.9 Å². The van der Waals surface area contributed by atoms with Crippen molar-refractivity contribution in [2.45, 2.75) is 32.4 Å². The fourth-order valence-corrected chi connectivity index (χ4v) is 2.42. The maximum absolute atomic E-state index is 9.90. The van der Waals surface area contributed by atoms with Crippen molar-refractivity contribution < 1.29 is 14.6 Å². The van der Waals surface area contributed by atoms with Crippen LogP contribution < -0.4 is 10.1 Å². The van der Waals surface area contributed by atoms with Crippen molar-refractivity contribution in [3.8, 4) is 5.75 Å². The summed E-state index contributed by atoms with van der Waals surface area (Å²) in [5, 5.41) is 13.1. The van der Waals surface area contributed by atoms with E-state index >= 15 is 0 Å². The third-order valence-corrected chi connectivity index (χ3v) is 3.91. The Bertz CT molecular complexity index is 584. The largest absolute Gasteiger partial charge is 0.491 e. The lowest BCUT2D eigenvalue weighted by molar-refractivity contribution is 0.0250. The lowest BCUT2D eigenvalue weighted by atomic mass is 10.0. The van der Waals surface area contributed by atoms with Crippen LogP contribution in [0.2, 0.25) is 0 Å². The van der Waals surface area contributed by atoms with Gasteiger partial charge in [-0.25, -0.2) is 0 Å². The first-order valence-electron chi connectivity index (χ1n) is 8.88. The van der Waals surface area contributed by atoms with Crippen LogP contribution in [0, 0.1) is 0 Å². The van der Waals surface area contributed by atoms with Crippen LogP contribution in [0.5, 0.6) is 5.75 Å². The van der Waals surface area contributed by atoms with E-state index < -0.39 is 6.10 Å². The van der Waals surface area contributed by atoms with Crippen molar-refractivity contribution in [2.24, 2.45) is 0 Å². The number of aliphatic hydroxyl groups excluding tert-OH is 1. The van der Waals surface area contributed by atoms with Gasteiger partial charge in [-0.15, -0.1) is 0 Å². The predicted octanol–water partition coefficient (Wildman–Crippen LogP) is 3.36. The van der Waals surface area contributed by atoms with Gasteiger partial charge in [0.15, 0.2) is 0 Å². The van der Waals surface area contributed by atoms with Gasteiger partial charge in [-0.1, -0.05) is 56.3 Å². The van der Waals surface area contributed by atoms with Crippen molar-refractivity contribution in [3.63, 3.8) is 0 Å². The molecule has 0 aliphatic carbocycles. The molecule has 0 fully saturated rings. The Morgan fingerprint density at radius 2 is 1.68 bits per heavy atom. The van der Waals surface area contributed by atoms with Crippen LogP contribution in [0.4, 0.5) is 0 Å². The number of aliphatic hydroxyl groups is 1. The monoisotopic (exact) mass is 343 g/mol. The molecule has 2 rings (SSSR count). The molecule has 4 heteroatoms. The summed E-state index contributed by atoms with van der Waals surface area (Å²) in [6, 6.07) is 18.3. The lowest BCUT2D eigenvalue weighted by Crippen LogP contribution is -2.30. The van der Waals surface area contributed by atoms with Gasteiger partial charge in [-0.05, 0) is 29.2 Å². The Hall–Kier alpha value is -1.88. The summed E-state index contributed by atoms with van der Waals surface area (Å²) in [7, 11) is 0. The molecule has 0 amide bonds. The van der Waals surface area contributed by atoms with Gasteiger partial charge in [-0.3, -0.25) is 0 Å². The molecule has 4 nitrogen and oxygen atoms in total. The zero-order valence-electron chi connectivity index (χ0n) is 15.2. The first-order chi connectivity index (χ1) is 12.1. The average molecular weight is 343 g/mol. The second kappa shape index (κ2) is 10.9. The first-order valence-corrected chi connectivity index (χ1v) is 8.88. The van der Waals surface area contributed by atoms with Gasteiger partial charge in [0, 0.05) is 13.1 Å². The van der Waals surface area contributed by atoms with Gasteiger partial charge in [0.25, 0.3) is 0 Å². The minimum Gasteiger partial charge on any atom is -0.491 e. The Kier molecular flexibility index (Phi) is 8.46. The molecule has 136 valence electrons. The highest BCUT2D eigenvalue weighted by Crippen LogP contribution is 2.18. The molecule has 0 radical (unpaired) electrons. The minimum atomic E-state index is -0.519. The van der Waals surface area contributed by atoms with E-state index in [4.69, 9.17) is 9.47 Å². The van der Waals surface area contributed by atoms with E-state index in [2.05, 4.69) is 43.4 Å². The van der Waals surface area contributed by atoms with E-state index in [1.165, 1.54) is 11.1 Å². The molecule has 1 unspecified atom stereocenters. The Labute approximate surface area is 150 Å². The zero-order chi connectivity index (χ0) is 17.9. The van der Waals surface area contributed by atoms with Gasteiger partial charge >= 0.3 is 0 Å². The highest BCUT2D eigenvalue weighted by atomic mass is 16.5. The van der Waals surface area contributed by atoms with Gasteiger partial charge in [0.2, 0.25) is 0 Å². The Morgan fingerprint density at radius 1 is 0.960 bits per heavy atom. The average Bonchev–Trinajstić information content (AvgIpc) is 2.63. The second-order valence-electron chi connectivity index (χ2n) is 6.42. The molecular formula is C21H29NO3. The maximum Gasteiger partial charge on any atom is 0.119 e. The number of nitrogens with one attached hydrogen (secondary N) is 1. The van der Waals surface area contributed by atoms with E-state index in [1.54, 1.807) is 0 Å². The number of hydrogen-bond donors (Lipinski definition) is 2. The molecule has 0 aliphatic rings. The quantitative estimate of drug-likeness (QED) is 0.614. The lowest BCUT2D eigenvalue weighted by Gasteiger charge is -2.13. The van der Waals surface area contributed by atoms with E-state index in [1.807, 2.05) is 30.3 Å². The van der Waals surface area contributed by atoms with Crippen molar-refractivity contribution >= 4 is 0 Å². The Balaban J connectivity index is 1.52. The minimum absolute atomic E-state index is 0.303. The number of benzene rings is 2. The maximum atomic E-state index is 9.90. The normalized spacial score (nSPS) is 12.3. The molecule has 25 heavy (non-hydrogen) atoms. The molecule has 0 spiro atoms. The van der Waals surface area contributed by atoms with E-state index in [0.29, 0.717) is 32.3 Å². The molecule has 2 N–H and O–H groups in total. The van der Waals surface area contributed by atoms with Crippen LogP contribution >= 0.6 is 0 Å². The van der Waals surface area contributed by atoms with Gasteiger partial charge in [0.1, 0.15) is 12.4 Å². The summed E-state index contributed by atoms with van der Waals surface area (Å²) in [6.45, 7) is 6.83. The van der Waals surface area contributed by atoms with E-state index in [-0.39, 0.29) is 0 Å². The summed E-state index contributed by atoms with van der Waals surface area (Å²) in [4.78, 5) is 0. The standard InChI is InChI=1S/C21H29NO3/c1-17(2)19-8-10-21(11-9-19)25-13-12-24-16-20(23)15-22-14-18-6-4-3-5-7-18/h3-11,17,20,22-23H,12-16H2,1-2H3. The smallest absolute Gasteiger partial charge is 0.119 e. The van der Waals surface area contributed by atoms with Crippen molar-refractivity contribution in [1.29, 1.82) is 0 Å². The molecule has 0 heterocycles. The number of ether oxygens (including phenoxy) is 2. The van der Waals surface area contributed by atoms with Crippen LogP contribution in [0.15, 0.2) is 54.6 Å². The molecule has 0 bridgehead atoms. The van der Waals surface area contributed by atoms with Crippen LogP contribution in [-0.4, -0.2) is 37.6 Å². The predicted molar refractivity (Wildman–Crippen MR) is 101 cm³/mol. The summed E-state index contributed by atoms with van der Waals surface area (Å²) in [5.74, 6) is 1.37. The first kappa shape index (κ1) is 19.4. The summed E-state index contributed by atoms with van der Waals surface area (Å²) >= 11 is 0. The molecule has 0 saturated heterocycles. The summed E-state index contributed by atoms with van der Waals surface area (Å²) < 4.78 is 11.1. The van der Waals surface area contributed by atoms with Crippen LogP contribution in [0.3, 0.4) is 0 Å². The SMILES string of the molecule is CC(C)c1ccc(OCCOCC(O)CNCc2ccccc2)cc1. The third-order valence-electron chi connectivity index (χ3n) is 3.91. The molecule has 0 aromatic heterocycles. The highest BCUT2D eigenvalue weighted by Gasteiger charge is 2.04. The fraction of sp³-hybridized carbons (Fsp3) is 0.429. The molecule has 0 aliphatic heterocycles. The zero-order valence-corrected chi connectivity index (χ0v) is 15.2. The molecule has 1 atom stereocenters. The van der Waals surface area contributed by atoms with Crippen LogP contribution in [-0.2, 0) is 11.3 Å². The number of hydrogen-bond acceptors (Lipinski definition) is 4. The van der Waals surface area contributed by atoms with Gasteiger partial charge in [-0.2, -0.15) is 0 Å². The number of rotatable bonds is 11. The summed E-state index contributed by atoms with van der Waals surface area (Å²) in [6.07, 6.45) is -0.519. The molecule has 2 aromatic carbocycles. The van der Waals surface area contributed by atoms with Gasteiger partial charge in [0.05, 0.1) is 19.3 Å². The van der Waals surface area contributed by atoms with E-state index in [9.17, 15) is 5.11 Å². The van der Waals surface area contributed by atoms with E-state index in [0.717, 1.165) is 12.3 Å².